The van der Waals surface area contributed by atoms with E-state index in [0.29, 0.717) is 6.67 Å². The Morgan fingerprint density at radius 3 is 2.80 bits per heavy atom. The zero-order chi connectivity index (χ0) is 7.56. The molecule has 1 saturated heterocycles. The minimum Gasteiger partial charge on any atom is -0.349 e. The number of rotatable bonds is 1. The lowest BCUT2D eigenvalue weighted by molar-refractivity contribution is 0.0392. The Balaban J connectivity index is 2.39. The van der Waals surface area contributed by atoms with Crippen molar-refractivity contribution in [1.29, 1.82) is 0 Å². The van der Waals surface area contributed by atoms with E-state index >= 15 is 0 Å². The van der Waals surface area contributed by atoms with Crippen molar-refractivity contribution in [2.75, 3.05) is 19.8 Å². The van der Waals surface area contributed by atoms with Crippen molar-refractivity contribution in [2.24, 2.45) is 11.6 Å². The monoisotopic (exact) mass is 145 g/mol. The topological polar surface area (TPSA) is 87.6 Å². The Hall–Kier alpha value is -0.850. The predicted molar refractivity (Wildman–Crippen MR) is 35.2 cm³/mol. The zero-order valence-electron chi connectivity index (χ0n) is 5.58. The van der Waals surface area contributed by atoms with E-state index in [-0.39, 0.29) is 0 Å². The van der Waals surface area contributed by atoms with Crippen LogP contribution in [0, 0.1) is 0 Å². The van der Waals surface area contributed by atoms with Crippen molar-refractivity contribution in [1.82, 2.24) is 15.4 Å². The fourth-order valence-electron chi connectivity index (χ4n) is 0.819. The number of carbonyl (C=O) groups is 1. The Labute approximate surface area is 58.7 Å². The van der Waals surface area contributed by atoms with Crippen molar-refractivity contribution in [2.45, 2.75) is 0 Å². The standard InChI is InChI=1S/C4H11N5O/c5-4(10)9(6)8-2-1-7-3-8/h7H,1-3,6H2,(H2,5,10). The Morgan fingerprint density at radius 1 is 1.70 bits per heavy atom. The van der Waals surface area contributed by atoms with Crippen LogP contribution >= 0.6 is 0 Å². The zero-order valence-corrected chi connectivity index (χ0v) is 5.58. The van der Waals surface area contributed by atoms with Gasteiger partial charge in [-0.15, -0.1) is 0 Å². The van der Waals surface area contributed by atoms with Crippen LogP contribution in [0.25, 0.3) is 0 Å². The maximum atomic E-state index is 10.4. The van der Waals surface area contributed by atoms with Crippen LogP contribution in [0.5, 0.6) is 0 Å². The number of hydrogen-bond acceptors (Lipinski definition) is 4. The van der Waals surface area contributed by atoms with Crippen molar-refractivity contribution >= 4 is 6.03 Å². The molecule has 1 aliphatic rings. The summed E-state index contributed by atoms with van der Waals surface area (Å²) in [5, 5.41) is 5.55. The van der Waals surface area contributed by atoms with Gasteiger partial charge in [0.2, 0.25) is 0 Å². The molecule has 58 valence electrons. The minimum absolute atomic E-state index is 0.583. The van der Waals surface area contributed by atoms with E-state index in [1.54, 1.807) is 5.01 Å². The van der Waals surface area contributed by atoms with E-state index < -0.39 is 6.03 Å². The van der Waals surface area contributed by atoms with Gasteiger partial charge in [0.1, 0.15) is 0 Å². The van der Waals surface area contributed by atoms with Gasteiger partial charge >= 0.3 is 6.03 Å². The number of hydrazine groups is 2. The maximum Gasteiger partial charge on any atom is 0.344 e. The Kier molecular flexibility index (Phi) is 2.05. The number of primary amides is 1. The molecule has 1 aliphatic heterocycles. The first-order chi connectivity index (χ1) is 4.72. The molecule has 6 heteroatoms. The molecule has 5 N–H and O–H groups in total. The predicted octanol–water partition coefficient (Wildman–Crippen LogP) is -1.98. The van der Waals surface area contributed by atoms with Gasteiger partial charge in [0.05, 0.1) is 6.67 Å². The van der Waals surface area contributed by atoms with Gasteiger partial charge in [-0.1, -0.05) is 0 Å². The first-order valence-electron chi connectivity index (χ1n) is 3.01. The Morgan fingerprint density at radius 2 is 2.40 bits per heavy atom. The van der Waals surface area contributed by atoms with E-state index in [1.807, 2.05) is 0 Å². The summed E-state index contributed by atoms with van der Waals surface area (Å²) in [7, 11) is 0. The minimum atomic E-state index is -0.635. The molecular formula is C4H11N5O. The van der Waals surface area contributed by atoms with Crippen LogP contribution in [0.15, 0.2) is 0 Å². The number of amides is 2. The fraction of sp³-hybridized carbons (Fsp3) is 0.750. The molecule has 0 bridgehead atoms. The molecule has 0 radical (unpaired) electrons. The van der Waals surface area contributed by atoms with E-state index in [0.717, 1.165) is 18.2 Å². The van der Waals surface area contributed by atoms with Gasteiger partial charge in [0.15, 0.2) is 0 Å². The van der Waals surface area contributed by atoms with Crippen molar-refractivity contribution in [3.05, 3.63) is 0 Å². The summed E-state index contributed by atoms with van der Waals surface area (Å²) >= 11 is 0. The number of hydrogen-bond donors (Lipinski definition) is 3. The SMILES string of the molecule is NC(=O)N(N)N1CCNC1. The molecule has 6 nitrogen and oxygen atoms in total. The van der Waals surface area contributed by atoms with Crippen LogP contribution in [0.4, 0.5) is 4.79 Å². The first-order valence-corrected chi connectivity index (χ1v) is 3.01. The maximum absolute atomic E-state index is 10.4. The third-order valence-electron chi connectivity index (χ3n) is 1.37. The highest BCUT2D eigenvalue weighted by Crippen LogP contribution is 1.93. The molecule has 1 fully saturated rings. The molecule has 10 heavy (non-hydrogen) atoms. The normalized spacial score (nSPS) is 19.3. The molecule has 2 amide bonds. The lowest BCUT2D eigenvalue weighted by atomic mass is 10.7. The third-order valence-corrected chi connectivity index (χ3v) is 1.37. The molecular weight excluding hydrogens is 134 g/mol. The highest BCUT2D eigenvalue weighted by molar-refractivity contribution is 5.70. The molecule has 0 unspecified atom stereocenters. The molecule has 0 aliphatic carbocycles. The smallest absolute Gasteiger partial charge is 0.344 e. The lowest BCUT2D eigenvalue weighted by Crippen LogP contribution is -2.52. The average Bonchev–Trinajstić information content (AvgIpc) is 2.36. The second-order valence-electron chi connectivity index (χ2n) is 2.07. The van der Waals surface area contributed by atoms with Gasteiger partial charge in [0.25, 0.3) is 0 Å². The third kappa shape index (κ3) is 1.35. The average molecular weight is 145 g/mol. The van der Waals surface area contributed by atoms with Crippen LogP contribution in [-0.4, -0.2) is 35.9 Å². The van der Waals surface area contributed by atoms with Gasteiger partial charge in [0, 0.05) is 13.1 Å². The van der Waals surface area contributed by atoms with Crippen LogP contribution in [0.1, 0.15) is 0 Å². The van der Waals surface area contributed by atoms with Crippen LogP contribution in [0.3, 0.4) is 0 Å². The molecule has 0 aromatic rings. The van der Waals surface area contributed by atoms with Crippen LogP contribution in [0.2, 0.25) is 0 Å². The van der Waals surface area contributed by atoms with E-state index in [2.05, 4.69) is 5.32 Å². The summed E-state index contributed by atoms with van der Waals surface area (Å²) in [5.41, 5.74) is 4.91. The summed E-state index contributed by atoms with van der Waals surface area (Å²) < 4.78 is 0. The van der Waals surface area contributed by atoms with Gasteiger partial charge in [-0.05, 0) is 0 Å². The molecule has 0 spiro atoms. The van der Waals surface area contributed by atoms with E-state index in [4.69, 9.17) is 11.6 Å². The van der Waals surface area contributed by atoms with Gasteiger partial charge < -0.3 is 11.1 Å². The molecule has 1 rings (SSSR count). The van der Waals surface area contributed by atoms with Crippen molar-refractivity contribution < 1.29 is 4.79 Å². The van der Waals surface area contributed by atoms with E-state index in [9.17, 15) is 4.79 Å². The van der Waals surface area contributed by atoms with E-state index in [1.165, 1.54) is 0 Å². The second-order valence-corrected chi connectivity index (χ2v) is 2.07. The highest BCUT2D eigenvalue weighted by atomic mass is 16.2. The number of nitrogens with two attached hydrogens (primary N) is 2. The molecule has 0 aromatic carbocycles. The van der Waals surface area contributed by atoms with Gasteiger partial charge in [-0.25, -0.2) is 10.6 Å². The summed E-state index contributed by atoms with van der Waals surface area (Å²) in [6.45, 7) is 2.14. The number of nitrogens with one attached hydrogen (secondary N) is 1. The van der Waals surface area contributed by atoms with Gasteiger partial charge in [-0.2, -0.15) is 10.1 Å². The Bertz CT molecular complexity index is 132. The number of urea groups is 1. The lowest BCUT2D eigenvalue weighted by Gasteiger charge is -2.23. The van der Waals surface area contributed by atoms with Crippen LogP contribution < -0.4 is 16.9 Å². The number of nitrogens with zero attached hydrogens (tertiary/aromatic N) is 2. The molecule has 0 saturated carbocycles. The molecule has 0 atom stereocenters. The summed E-state index contributed by atoms with van der Waals surface area (Å²) in [4.78, 5) is 10.4. The quantitative estimate of drug-likeness (QED) is 0.227. The summed E-state index contributed by atoms with van der Waals surface area (Å²) in [6.07, 6.45) is 0. The highest BCUT2D eigenvalue weighted by Gasteiger charge is 2.18. The second kappa shape index (κ2) is 2.82. The number of carbonyl (C=O) groups excluding carboxylic acids is 1. The van der Waals surface area contributed by atoms with Crippen LogP contribution in [-0.2, 0) is 0 Å². The largest absolute Gasteiger partial charge is 0.349 e. The van der Waals surface area contributed by atoms with Gasteiger partial charge in [-0.3, -0.25) is 0 Å². The van der Waals surface area contributed by atoms with Crippen molar-refractivity contribution in [3.63, 3.8) is 0 Å². The van der Waals surface area contributed by atoms with Crippen molar-refractivity contribution in [3.8, 4) is 0 Å². The molecule has 1 heterocycles. The summed E-state index contributed by atoms with van der Waals surface area (Å²) in [6, 6.07) is -0.635. The molecule has 0 aromatic heterocycles. The first kappa shape index (κ1) is 7.26. The summed E-state index contributed by atoms with van der Waals surface area (Å²) in [5.74, 6) is 5.27. The fourth-order valence-corrected chi connectivity index (χ4v) is 0.819.